The third-order valence-corrected chi connectivity index (χ3v) is 2.60. The van der Waals surface area contributed by atoms with Gasteiger partial charge in [-0.2, -0.15) is 5.10 Å². The van der Waals surface area contributed by atoms with E-state index in [1.807, 2.05) is 0 Å². The van der Waals surface area contributed by atoms with Crippen molar-refractivity contribution >= 4 is 11.7 Å². The first-order valence-electron chi connectivity index (χ1n) is 5.35. The maximum Gasteiger partial charge on any atom is 0.351 e. The summed E-state index contributed by atoms with van der Waals surface area (Å²) >= 11 is 0. The molecule has 1 unspecified atom stereocenters. The minimum Gasteiger partial charge on any atom is -0.477 e. The third kappa shape index (κ3) is 4.63. The molecule has 2 N–H and O–H groups in total. The van der Waals surface area contributed by atoms with Gasteiger partial charge in [-0.1, -0.05) is 12.2 Å². The molecule has 0 aromatic heterocycles. The van der Waals surface area contributed by atoms with E-state index in [0.717, 1.165) is 25.3 Å². The van der Waals surface area contributed by atoms with Gasteiger partial charge in [0.2, 0.25) is 0 Å². The molecule has 4 heteroatoms. The van der Waals surface area contributed by atoms with Crippen molar-refractivity contribution in [3.05, 3.63) is 12.2 Å². The summed E-state index contributed by atoms with van der Waals surface area (Å²) in [6, 6.07) is 0. The van der Waals surface area contributed by atoms with Gasteiger partial charge in [0.05, 0.1) is 0 Å². The zero-order chi connectivity index (χ0) is 11.1. The van der Waals surface area contributed by atoms with Crippen LogP contribution < -0.4 is 5.43 Å². The zero-order valence-electron chi connectivity index (χ0n) is 9.07. The van der Waals surface area contributed by atoms with Gasteiger partial charge in [0.15, 0.2) is 0 Å². The first kappa shape index (κ1) is 11.8. The SMILES string of the molecule is CC(=NNCCC1CC=CCC1)C(=O)O. The number of allylic oxidation sites excluding steroid dienone is 2. The first-order valence-corrected chi connectivity index (χ1v) is 5.35. The van der Waals surface area contributed by atoms with Crippen LogP contribution in [0.1, 0.15) is 32.6 Å². The number of rotatable bonds is 5. The van der Waals surface area contributed by atoms with Crippen molar-refractivity contribution in [1.82, 2.24) is 5.43 Å². The third-order valence-electron chi connectivity index (χ3n) is 2.60. The zero-order valence-corrected chi connectivity index (χ0v) is 9.07. The second-order valence-corrected chi connectivity index (χ2v) is 3.85. The smallest absolute Gasteiger partial charge is 0.351 e. The van der Waals surface area contributed by atoms with Gasteiger partial charge >= 0.3 is 5.97 Å². The number of hydrogen-bond acceptors (Lipinski definition) is 3. The molecule has 15 heavy (non-hydrogen) atoms. The first-order chi connectivity index (χ1) is 7.20. The molecule has 4 nitrogen and oxygen atoms in total. The van der Waals surface area contributed by atoms with E-state index in [-0.39, 0.29) is 5.71 Å². The quantitative estimate of drug-likeness (QED) is 0.315. The summed E-state index contributed by atoms with van der Waals surface area (Å²) in [6.45, 7) is 2.24. The van der Waals surface area contributed by atoms with E-state index < -0.39 is 5.97 Å². The van der Waals surface area contributed by atoms with Crippen molar-refractivity contribution in [1.29, 1.82) is 0 Å². The Kier molecular flexibility index (Phi) is 4.87. The Hall–Kier alpha value is -1.32. The highest BCUT2D eigenvalue weighted by atomic mass is 16.4. The molecule has 84 valence electrons. The van der Waals surface area contributed by atoms with Gasteiger partial charge in [-0.15, -0.1) is 0 Å². The number of carboxylic acid groups (broad SMARTS) is 1. The van der Waals surface area contributed by atoms with Crippen molar-refractivity contribution in [2.24, 2.45) is 11.0 Å². The van der Waals surface area contributed by atoms with Gasteiger partial charge in [0.1, 0.15) is 5.71 Å². The van der Waals surface area contributed by atoms with Crippen molar-refractivity contribution < 1.29 is 9.90 Å². The van der Waals surface area contributed by atoms with Gasteiger partial charge in [-0.3, -0.25) is 0 Å². The molecule has 0 saturated carbocycles. The lowest BCUT2D eigenvalue weighted by Crippen LogP contribution is -2.18. The Balaban J connectivity index is 2.13. The normalized spacial score (nSPS) is 21.4. The summed E-state index contributed by atoms with van der Waals surface area (Å²) in [5.41, 5.74) is 2.91. The minimum atomic E-state index is -0.969. The van der Waals surface area contributed by atoms with Gasteiger partial charge < -0.3 is 10.5 Å². The highest BCUT2D eigenvalue weighted by molar-refractivity contribution is 6.34. The molecule has 0 aromatic rings. The molecule has 0 radical (unpaired) electrons. The Morgan fingerprint density at radius 1 is 1.60 bits per heavy atom. The van der Waals surface area contributed by atoms with E-state index >= 15 is 0 Å². The summed E-state index contributed by atoms with van der Waals surface area (Å²) < 4.78 is 0. The topological polar surface area (TPSA) is 61.7 Å². The highest BCUT2D eigenvalue weighted by Gasteiger charge is 2.08. The van der Waals surface area contributed by atoms with Crippen LogP contribution in [0.25, 0.3) is 0 Å². The van der Waals surface area contributed by atoms with Crippen LogP contribution in [0, 0.1) is 5.92 Å². The van der Waals surface area contributed by atoms with Crippen molar-refractivity contribution in [3.63, 3.8) is 0 Å². The van der Waals surface area contributed by atoms with Crippen LogP contribution in [0.4, 0.5) is 0 Å². The number of carbonyl (C=O) groups is 1. The number of aliphatic carboxylic acids is 1. The standard InChI is InChI=1S/C11H18N2O2/c1-9(11(14)15)13-12-8-7-10-5-3-2-4-6-10/h2-3,10,12H,4-8H2,1H3,(H,14,15). The second-order valence-electron chi connectivity index (χ2n) is 3.85. The lowest BCUT2D eigenvalue weighted by atomic mass is 9.92. The fourth-order valence-electron chi connectivity index (χ4n) is 1.61. The van der Waals surface area contributed by atoms with Crippen LogP contribution in [0.15, 0.2) is 17.3 Å². The molecule has 1 atom stereocenters. The molecule has 0 bridgehead atoms. The predicted molar refractivity (Wildman–Crippen MR) is 59.8 cm³/mol. The number of nitrogens with zero attached hydrogens (tertiary/aromatic N) is 1. The van der Waals surface area contributed by atoms with E-state index in [1.165, 1.54) is 19.8 Å². The van der Waals surface area contributed by atoms with Crippen LogP contribution in [0.3, 0.4) is 0 Å². The molecule has 0 saturated heterocycles. The lowest BCUT2D eigenvalue weighted by molar-refractivity contribution is -0.129. The molecule has 0 aromatic carbocycles. The van der Waals surface area contributed by atoms with Crippen LogP contribution in [0.2, 0.25) is 0 Å². The molecule has 1 rings (SSSR count). The molecule has 0 amide bonds. The summed E-state index contributed by atoms with van der Waals surface area (Å²) in [6.07, 6.45) is 9.04. The maximum atomic E-state index is 10.4. The lowest BCUT2D eigenvalue weighted by Gasteiger charge is -2.16. The molecule has 1 aliphatic carbocycles. The highest BCUT2D eigenvalue weighted by Crippen LogP contribution is 2.20. The Morgan fingerprint density at radius 2 is 2.40 bits per heavy atom. The minimum absolute atomic E-state index is 0.110. The van der Waals surface area contributed by atoms with Crippen molar-refractivity contribution in [2.75, 3.05) is 6.54 Å². The summed E-state index contributed by atoms with van der Waals surface area (Å²) in [5.74, 6) is -0.245. The number of nitrogens with one attached hydrogen (secondary N) is 1. The van der Waals surface area contributed by atoms with Gasteiger partial charge in [-0.05, 0) is 38.5 Å². The number of carboxylic acids is 1. The number of hydrogen-bond donors (Lipinski definition) is 2. The Bertz CT molecular complexity index is 272. The summed E-state index contributed by atoms with van der Waals surface area (Å²) in [4.78, 5) is 10.4. The largest absolute Gasteiger partial charge is 0.477 e. The second kappa shape index (κ2) is 6.22. The van der Waals surface area contributed by atoms with E-state index in [2.05, 4.69) is 22.7 Å². The average Bonchev–Trinajstić information content (AvgIpc) is 2.25. The van der Waals surface area contributed by atoms with Gasteiger partial charge in [0.25, 0.3) is 0 Å². The maximum absolute atomic E-state index is 10.4. The van der Waals surface area contributed by atoms with Gasteiger partial charge in [-0.25, -0.2) is 4.79 Å². The van der Waals surface area contributed by atoms with Crippen LogP contribution in [-0.4, -0.2) is 23.3 Å². The molecular formula is C11H18N2O2. The van der Waals surface area contributed by atoms with Crippen molar-refractivity contribution in [3.8, 4) is 0 Å². The fourth-order valence-corrected chi connectivity index (χ4v) is 1.61. The molecule has 0 fully saturated rings. The molecule has 0 spiro atoms. The molecule has 0 aliphatic heterocycles. The Labute approximate surface area is 90.1 Å². The Morgan fingerprint density at radius 3 is 3.00 bits per heavy atom. The summed E-state index contributed by atoms with van der Waals surface area (Å²) in [7, 11) is 0. The van der Waals surface area contributed by atoms with E-state index in [4.69, 9.17) is 5.11 Å². The van der Waals surface area contributed by atoms with E-state index in [0.29, 0.717) is 0 Å². The van der Waals surface area contributed by atoms with Gasteiger partial charge in [0, 0.05) is 6.54 Å². The van der Waals surface area contributed by atoms with Crippen molar-refractivity contribution in [2.45, 2.75) is 32.6 Å². The van der Waals surface area contributed by atoms with Crippen LogP contribution in [-0.2, 0) is 4.79 Å². The summed E-state index contributed by atoms with van der Waals surface area (Å²) in [5, 5.41) is 12.3. The predicted octanol–water partition coefficient (Wildman–Crippen LogP) is 1.78. The fraction of sp³-hybridized carbons (Fsp3) is 0.636. The van der Waals surface area contributed by atoms with E-state index in [9.17, 15) is 4.79 Å². The molecular weight excluding hydrogens is 192 g/mol. The average molecular weight is 210 g/mol. The molecule has 1 aliphatic rings. The molecule has 0 heterocycles. The van der Waals surface area contributed by atoms with Crippen LogP contribution >= 0.6 is 0 Å². The van der Waals surface area contributed by atoms with E-state index in [1.54, 1.807) is 0 Å². The number of hydrazone groups is 1. The van der Waals surface area contributed by atoms with Crippen LogP contribution in [0.5, 0.6) is 0 Å². The monoisotopic (exact) mass is 210 g/mol.